The van der Waals surface area contributed by atoms with Crippen LogP contribution in [0.3, 0.4) is 0 Å². The van der Waals surface area contributed by atoms with Gasteiger partial charge in [-0.2, -0.15) is 11.8 Å². The average molecular weight is 156 g/mol. The molecule has 0 spiro atoms. The minimum atomic E-state index is 0.898. The molecular weight excluding hydrogens is 144 g/mol. The van der Waals surface area contributed by atoms with Crippen molar-refractivity contribution in [3.8, 4) is 0 Å². The number of hydrogen-bond acceptors (Lipinski definition) is 3. The van der Waals surface area contributed by atoms with Crippen LogP contribution < -0.4 is 0 Å². The van der Waals surface area contributed by atoms with E-state index in [1.54, 1.807) is 25.0 Å². The molecule has 0 saturated carbocycles. The highest BCUT2D eigenvalue weighted by atomic mass is 32.2. The summed E-state index contributed by atoms with van der Waals surface area (Å²) in [6.07, 6.45) is 5.62. The van der Waals surface area contributed by atoms with Crippen LogP contribution in [0.4, 0.5) is 0 Å². The third kappa shape index (κ3) is 4.32. The fourth-order valence-corrected chi connectivity index (χ4v) is 0.938. The van der Waals surface area contributed by atoms with Gasteiger partial charge in [0.1, 0.15) is 0 Å². The number of hydrogen-bond donors (Lipinski definition) is 0. The van der Waals surface area contributed by atoms with Gasteiger partial charge in [0.25, 0.3) is 0 Å². The lowest BCUT2D eigenvalue weighted by atomic mass is 10.4. The predicted octanol–water partition coefficient (Wildman–Crippen LogP) is 1.63. The first-order chi connectivity index (χ1) is 4.85. The predicted molar refractivity (Wildman–Crippen MR) is 50.4 cm³/mol. The van der Waals surface area contributed by atoms with Crippen LogP contribution in [0.15, 0.2) is 21.8 Å². The van der Waals surface area contributed by atoms with Crippen molar-refractivity contribution >= 4 is 24.7 Å². The van der Waals surface area contributed by atoms with Gasteiger partial charge in [0.15, 0.2) is 0 Å². The molecule has 0 radical (unpaired) electrons. The van der Waals surface area contributed by atoms with Gasteiger partial charge in [0.2, 0.25) is 0 Å². The van der Waals surface area contributed by atoms with Crippen molar-refractivity contribution in [2.75, 3.05) is 19.1 Å². The van der Waals surface area contributed by atoms with Crippen molar-refractivity contribution in [3.63, 3.8) is 0 Å². The molecule has 0 bridgehead atoms. The molecule has 0 fully saturated rings. The van der Waals surface area contributed by atoms with E-state index in [4.69, 9.17) is 0 Å². The van der Waals surface area contributed by atoms with Gasteiger partial charge in [-0.25, -0.2) is 0 Å². The maximum atomic E-state index is 3.81. The molecule has 0 aliphatic carbocycles. The Hall–Kier alpha value is -0.570. The molecule has 56 valence electrons. The summed E-state index contributed by atoms with van der Waals surface area (Å²) < 4.78 is 0. The van der Waals surface area contributed by atoms with Crippen molar-refractivity contribution in [1.29, 1.82) is 0 Å². The second-order valence-electron chi connectivity index (χ2n) is 1.66. The topological polar surface area (TPSA) is 24.7 Å². The van der Waals surface area contributed by atoms with Crippen molar-refractivity contribution in [1.82, 2.24) is 0 Å². The summed E-state index contributed by atoms with van der Waals surface area (Å²) in [4.78, 5) is 7.62. The second-order valence-corrected chi connectivity index (χ2v) is 2.52. The van der Waals surface area contributed by atoms with Crippen LogP contribution in [0.2, 0.25) is 0 Å². The van der Waals surface area contributed by atoms with Crippen molar-refractivity contribution in [2.24, 2.45) is 9.98 Å². The van der Waals surface area contributed by atoms with E-state index in [1.807, 2.05) is 12.3 Å². The van der Waals surface area contributed by atoms with Gasteiger partial charge in [0, 0.05) is 19.0 Å². The molecule has 0 rings (SSSR count). The van der Waals surface area contributed by atoms with Gasteiger partial charge in [-0.05, 0) is 19.0 Å². The molecule has 0 atom stereocenters. The molecule has 0 amide bonds. The standard InChI is InChI=1S/C7H12N2S/c1-8-5-4-7(9-2)6-10-3/h4-5H,2,6H2,1,3H3/b7-4-,8-5?. The van der Waals surface area contributed by atoms with Gasteiger partial charge in [-0.15, -0.1) is 0 Å². The average Bonchev–Trinajstić information content (AvgIpc) is 1.98. The molecule has 0 aromatic rings. The highest BCUT2D eigenvalue weighted by Crippen LogP contribution is 2.02. The highest BCUT2D eigenvalue weighted by Gasteiger charge is 1.87. The highest BCUT2D eigenvalue weighted by molar-refractivity contribution is 7.98. The zero-order valence-electron chi connectivity index (χ0n) is 6.37. The normalized spacial score (nSPS) is 12.4. The lowest BCUT2D eigenvalue weighted by Gasteiger charge is -1.93. The van der Waals surface area contributed by atoms with E-state index in [0.717, 1.165) is 11.4 Å². The Morgan fingerprint density at radius 1 is 1.70 bits per heavy atom. The fourth-order valence-electron chi connectivity index (χ4n) is 0.455. The minimum absolute atomic E-state index is 0.898. The maximum Gasteiger partial charge on any atom is 0.0510 e. The zero-order valence-corrected chi connectivity index (χ0v) is 7.19. The number of allylic oxidation sites excluding steroid dienone is 1. The van der Waals surface area contributed by atoms with Crippen molar-refractivity contribution < 1.29 is 0 Å². The van der Waals surface area contributed by atoms with E-state index in [9.17, 15) is 0 Å². The molecule has 0 aromatic heterocycles. The van der Waals surface area contributed by atoms with E-state index in [1.165, 1.54) is 0 Å². The van der Waals surface area contributed by atoms with E-state index in [0.29, 0.717) is 0 Å². The van der Waals surface area contributed by atoms with E-state index < -0.39 is 0 Å². The van der Waals surface area contributed by atoms with Gasteiger partial charge in [0.05, 0.1) is 5.70 Å². The number of aliphatic imine (C=N–C) groups is 2. The van der Waals surface area contributed by atoms with Crippen molar-refractivity contribution in [3.05, 3.63) is 11.8 Å². The minimum Gasteiger partial charge on any atom is -0.296 e. The molecule has 0 aliphatic heterocycles. The molecule has 10 heavy (non-hydrogen) atoms. The Morgan fingerprint density at radius 2 is 2.40 bits per heavy atom. The Kier molecular flexibility index (Phi) is 6.18. The van der Waals surface area contributed by atoms with Crippen LogP contribution in [0.25, 0.3) is 0 Å². The van der Waals surface area contributed by atoms with Crippen LogP contribution in [-0.2, 0) is 0 Å². The Morgan fingerprint density at radius 3 is 2.80 bits per heavy atom. The largest absolute Gasteiger partial charge is 0.296 e. The molecule has 0 unspecified atom stereocenters. The summed E-state index contributed by atoms with van der Waals surface area (Å²) >= 11 is 1.72. The summed E-state index contributed by atoms with van der Waals surface area (Å²) in [5.41, 5.74) is 0.970. The molecule has 0 saturated heterocycles. The summed E-state index contributed by atoms with van der Waals surface area (Å²) in [5.74, 6) is 0.898. The number of nitrogens with zero attached hydrogens (tertiary/aromatic N) is 2. The third-order valence-electron chi connectivity index (χ3n) is 0.911. The number of rotatable bonds is 4. The van der Waals surface area contributed by atoms with E-state index in [-0.39, 0.29) is 0 Å². The Bertz CT molecular complexity index is 150. The van der Waals surface area contributed by atoms with Crippen LogP contribution >= 0.6 is 11.8 Å². The lowest BCUT2D eigenvalue weighted by Crippen LogP contribution is -1.82. The SMILES string of the molecule is C=N/C(=C\C=NC)CSC. The quantitative estimate of drug-likeness (QED) is 0.568. The molecule has 0 aromatic carbocycles. The molecule has 2 nitrogen and oxygen atoms in total. The molecule has 0 aliphatic rings. The van der Waals surface area contributed by atoms with Gasteiger partial charge >= 0.3 is 0 Å². The monoisotopic (exact) mass is 156 g/mol. The molecule has 0 N–H and O–H groups in total. The smallest absolute Gasteiger partial charge is 0.0510 e. The maximum absolute atomic E-state index is 3.81. The molecule has 3 heteroatoms. The Labute approximate surface area is 66.2 Å². The first-order valence-electron chi connectivity index (χ1n) is 2.92. The van der Waals surface area contributed by atoms with Crippen LogP contribution in [0.1, 0.15) is 0 Å². The van der Waals surface area contributed by atoms with Crippen LogP contribution in [0, 0.1) is 0 Å². The van der Waals surface area contributed by atoms with Gasteiger partial charge in [-0.3, -0.25) is 9.98 Å². The zero-order chi connectivity index (χ0) is 7.82. The van der Waals surface area contributed by atoms with Crippen LogP contribution in [0.5, 0.6) is 0 Å². The van der Waals surface area contributed by atoms with Crippen molar-refractivity contribution in [2.45, 2.75) is 0 Å². The Balaban J connectivity index is 3.90. The van der Waals surface area contributed by atoms with Gasteiger partial charge < -0.3 is 0 Å². The number of thioether (sulfide) groups is 1. The first-order valence-corrected chi connectivity index (χ1v) is 4.31. The summed E-state index contributed by atoms with van der Waals surface area (Å²) in [5, 5.41) is 0. The van der Waals surface area contributed by atoms with Gasteiger partial charge in [-0.1, -0.05) is 0 Å². The molecular formula is C7H12N2S. The summed E-state index contributed by atoms with van der Waals surface area (Å²) in [6, 6.07) is 0. The van der Waals surface area contributed by atoms with E-state index >= 15 is 0 Å². The first kappa shape index (κ1) is 9.43. The third-order valence-corrected chi connectivity index (χ3v) is 1.50. The molecule has 0 heterocycles. The fraction of sp³-hybridized carbons (Fsp3) is 0.429. The lowest BCUT2D eigenvalue weighted by molar-refractivity contribution is 1.35. The summed E-state index contributed by atoms with van der Waals surface area (Å²) in [6.45, 7) is 3.44. The van der Waals surface area contributed by atoms with E-state index in [2.05, 4.69) is 16.7 Å². The second kappa shape index (κ2) is 6.55. The summed E-state index contributed by atoms with van der Waals surface area (Å²) in [7, 11) is 1.73. The van der Waals surface area contributed by atoms with Crippen LogP contribution in [-0.4, -0.2) is 32.0 Å².